The quantitative estimate of drug-likeness (QED) is 0.824. The molecule has 0 radical (unpaired) electrons. The molecular weight excluding hydrogens is 304 g/mol. The number of carbonyl (C=O) groups is 2. The third-order valence-electron chi connectivity index (χ3n) is 3.63. The van der Waals surface area contributed by atoms with Crippen molar-refractivity contribution >= 4 is 11.8 Å². The van der Waals surface area contributed by atoms with Gasteiger partial charge in [-0.1, -0.05) is 6.08 Å². The van der Waals surface area contributed by atoms with E-state index in [-0.39, 0.29) is 18.0 Å². The van der Waals surface area contributed by atoms with Crippen LogP contribution in [0, 0.1) is 11.6 Å². The molecule has 1 N–H and O–H groups in total. The number of hydrogen-bond donors (Lipinski definition) is 1. The van der Waals surface area contributed by atoms with Crippen molar-refractivity contribution in [3.05, 3.63) is 48.1 Å². The lowest BCUT2D eigenvalue weighted by Gasteiger charge is -2.34. The van der Waals surface area contributed by atoms with Crippen molar-refractivity contribution in [2.24, 2.45) is 0 Å². The van der Waals surface area contributed by atoms with Crippen molar-refractivity contribution < 1.29 is 18.4 Å². The summed E-state index contributed by atoms with van der Waals surface area (Å²) in [5.74, 6) is -2.14. The minimum absolute atomic E-state index is 0.103. The highest BCUT2D eigenvalue weighted by Gasteiger charge is 2.25. The summed E-state index contributed by atoms with van der Waals surface area (Å²) in [6.07, 6.45) is 1.60. The second-order valence-electron chi connectivity index (χ2n) is 5.29. The molecule has 1 aromatic rings. The van der Waals surface area contributed by atoms with Crippen LogP contribution in [0.5, 0.6) is 0 Å². The smallest absolute Gasteiger partial charge is 0.256 e. The Labute approximate surface area is 133 Å². The molecule has 0 aliphatic carbocycles. The van der Waals surface area contributed by atoms with Crippen LogP contribution in [0.1, 0.15) is 10.4 Å². The van der Waals surface area contributed by atoms with E-state index >= 15 is 0 Å². The molecule has 1 aliphatic heterocycles. The topological polar surface area (TPSA) is 52.7 Å². The van der Waals surface area contributed by atoms with Gasteiger partial charge in [-0.3, -0.25) is 14.5 Å². The van der Waals surface area contributed by atoms with Gasteiger partial charge < -0.3 is 10.2 Å². The van der Waals surface area contributed by atoms with Crippen molar-refractivity contribution in [3.8, 4) is 0 Å². The maximum atomic E-state index is 13.7. The average Bonchev–Trinajstić information content (AvgIpc) is 2.53. The molecule has 0 bridgehead atoms. The highest BCUT2D eigenvalue weighted by Crippen LogP contribution is 2.14. The zero-order valence-electron chi connectivity index (χ0n) is 12.7. The highest BCUT2D eigenvalue weighted by atomic mass is 19.1. The number of nitrogens with zero attached hydrogens (tertiary/aromatic N) is 2. The van der Waals surface area contributed by atoms with Gasteiger partial charge in [-0.15, -0.1) is 6.58 Å². The van der Waals surface area contributed by atoms with Crippen molar-refractivity contribution in [3.63, 3.8) is 0 Å². The van der Waals surface area contributed by atoms with Crippen LogP contribution < -0.4 is 5.32 Å². The number of piperazine rings is 1. The molecule has 124 valence electrons. The van der Waals surface area contributed by atoms with E-state index in [1.54, 1.807) is 6.08 Å². The van der Waals surface area contributed by atoms with Gasteiger partial charge in [0.25, 0.3) is 5.91 Å². The molecule has 1 heterocycles. The van der Waals surface area contributed by atoms with Crippen LogP contribution in [0.3, 0.4) is 0 Å². The Balaban J connectivity index is 1.87. The van der Waals surface area contributed by atoms with E-state index < -0.39 is 17.5 Å². The number of amides is 2. The summed E-state index contributed by atoms with van der Waals surface area (Å²) in [5, 5.41) is 2.69. The lowest BCUT2D eigenvalue weighted by molar-refractivity contribution is -0.122. The molecule has 0 saturated carbocycles. The van der Waals surface area contributed by atoms with Crippen LogP contribution in [-0.2, 0) is 4.79 Å². The molecule has 2 rings (SSSR count). The van der Waals surface area contributed by atoms with Crippen molar-refractivity contribution in [1.82, 2.24) is 15.1 Å². The van der Waals surface area contributed by atoms with Gasteiger partial charge in [0.1, 0.15) is 11.6 Å². The second-order valence-corrected chi connectivity index (χ2v) is 5.29. The molecule has 0 unspecified atom stereocenters. The number of halogens is 2. The lowest BCUT2D eigenvalue weighted by Crippen LogP contribution is -2.51. The van der Waals surface area contributed by atoms with Gasteiger partial charge in [0, 0.05) is 38.8 Å². The number of carbonyl (C=O) groups excluding carboxylic acids is 2. The van der Waals surface area contributed by atoms with E-state index in [9.17, 15) is 18.4 Å². The van der Waals surface area contributed by atoms with Crippen molar-refractivity contribution in [2.75, 3.05) is 39.3 Å². The Bertz CT molecular complexity index is 599. The largest absolute Gasteiger partial charge is 0.352 e. The van der Waals surface area contributed by atoms with Gasteiger partial charge >= 0.3 is 0 Å². The third-order valence-corrected chi connectivity index (χ3v) is 3.63. The molecule has 1 aromatic carbocycles. The second kappa shape index (κ2) is 7.82. The molecule has 7 heteroatoms. The molecule has 0 spiro atoms. The predicted molar refractivity (Wildman–Crippen MR) is 81.9 cm³/mol. The molecule has 5 nitrogen and oxygen atoms in total. The molecule has 1 saturated heterocycles. The average molecular weight is 323 g/mol. The minimum Gasteiger partial charge on any atom is -0.352 e. The van der Waals surface area contributed by atoms with E-state index in [2.05, 4.69) is 11.9 Å². The first-order chi connectivity index (χ1) is 11.0. The number of hydrogen-bond acceptors (Lipinski definition) is 3. The minimum atomic E-state index is -0.860. The SMILES string of the molecule is C=CCNC(=O)CN1CCN(C(=O)c2ccc(F)cc2F)CC1. The Morgan fingerprint density at radius 2 is 1.91 bits per heavy atom. The maximum Gasteiger partial charge on any atom is 0.256 e. The molecule has 0 atom stereocenters. The van der Waals surface area contributed by atoms with E-state index in [4.69, 9.17) is 0 Å². The van der Waals surface area contributed by atoms with Crippen molar-refractivity contribution in [1.29, 1.82) is 0 Å². The van der Waals surface area contributed by atoms with Crippen LogP contribution in [-0.4, -0.2) is 60.9 Å². The normalized spacial score (nSPS) is 15.3. The summed E-state index contributed by atoms with van der Waals surface area (Å²) in [4.78, 5) is 27.3. The Morgan fingerprint density at radius 1 is 1.22 bits per heavy atom. The molecular formula is C16H19F2N3O2. The molecule has 1 fully saturated rings. The molecule has 1 aliphatic rings. The van der Waals surface area contributed by atoms with E-state index in [1.165, 1.54) is 4.90 Å². The summed E-state index contributed by atoms with van der Waals surface area (Å²) in [7, 11) is 0. The predicted octanol–water partition coefficient (Wildman–Crippen LogP) is 1.02. The van der Waals surface area contributed by atoms with Gasteiger partial charge in [0.05, 0.1) is 12.1 Å². The lowest BCUT2D eigenvalue weighted by atomic mass is 10.1. The van der Waals surface area contributed by atoms with Gasteiger partial charge in [-0.05, 0) is 12.1 Å². The summed E-state index contributed by atoms with van der Waals surface area (Å²) < 4.78 is 26.6. The summed E-state index contributed by atoms with van der Waals surface area (Å²) in [6.45, 7) is 6.03. The first-order valence-electron chi connectivity index (χ1n) is 7.35. The van der Waals surface area contributed by atoms with Crippen LogP contribution in [0.4, 0.5) is 8.78 Å². The standard InChI is InChI=1S/C16H19F2N3O2/c1-2-5-19-15(22)11-20-6-8-21(9-7-20)16(23)13-4-3-12(17)10-14(13)18/h2-4,10H,1,5-9,11H2,(H,19,22). The van der Waals surface area contributed by atoms with Crippen LogP contribution in [0.2, 0.25) is 0 Å². The van der Waals surface area contributed by atoms with E-state index in [0.717, 1.165) is 12.1 Å². The van der Waals surface area contributed by atoms with E-state index in [0.29, 0.717) is 38.8 Å². The van der Waals surface area contributed by atoms with Gasteiger partial charge in [-0.25, -0.2) is 8.78 Å². The fourth-order valence-corrected chi connectivity index (χ4v) is 2.39. The molecule has 23 heavy (non-hydrogen) atoms. The number of nitrogens with one attached hydrogen (secondary N) is 1. The molecule has 2 amide bonds. The van der Waals surface area contributed by atoms with Crippen LogP contribution in [0.25, 0.3) is 0 Å². The number of rotatable bonds is 5. The van der Waals surface area contributed by atoms with Gasteiger partial charge in [0.15, 0.2) is 0 Å². The Kier molecular flexibility index (Phi) is 5.81. The fourth-order valence-electron chi connectivity index (χ4n) is 2.39. The van der Waals surface area contributed by atoms with E-state index in [1.807, 2.05) is 4.90 Å². The zero-order chi connectivity index (χ0) is 16.8. The highest BCUT2D eigenvalue weighted by molar-refractivity contribution is 5.94. The monoisotopic (exact) mass is 323 g/mol. The zero-order valence-corrected chi connectivity index (χ0v) is 12.7. The van der Waals surface area contributed by atoms with Crippen LogP contribution in [0.15, 0.2) is 30.9 Å². The van der Waals surface area contributed by atoms with Crippen LogP contribution >= 0.6 is 0 Å². The molecule has 0 aromatic heterocycles. The van der Waals surface area contributed by atoms with Crippen molar-refractivity contribution in [2.45, 2.75) is 0 Å². The Hall–Kier alpha value is -2.28. The Morgan fingerprint density at radius 3 is 2.52 bits per heavy atom. The van der Waals surface area contributed by atoms with Gasteiger partial charge in [-0.2, -0.15) is 0 Å². The first-order valence-corrected chi connectivity index (χ1v) is 7.35. The summed E-state index contributed by atoms with van der Waals surface area (Å²) in [5.41, 5.74) is -0.136. The third kappa shape index (κ3) is 4.59. The summed E-state index contributed by atoms with van der Waals surface area (Å²) in [6, 6.07) is 2.92. The first kappa shape index (κ1) is 17.1. The fraction of sp³-hybridized carbons (Fsp3) is 0.375. The number of benzene rings is 1. The van der Waals surface area contributed by atoms with Gasteiger partial charge in [0.2, 0.25) is 5.91 Å². The maximum absolute atomic E-state index is 13.7. The summed E-state index contributed by atoms with van der Waals surface area (Å²) >= 11 is 0.